The summed E-state index contributed by atoms with van der Waals surface area (Å²) in [5.41, 5.74) is 3.15. The van der Waals surface area contributed by atoms with E-state index in [1.807, 2.05) is 36.4 Å². The van der Waals surface area contributed by atoms with Crippen molar-refractivity contribution < 1.29 is 4.74 Å². The lowest BCUT2D eigenvalue weighted by Crippen LogP contribution is -1.99. The number of fused-ring (bicyclic) bond motifs is 1. The second-order valence-electron chi connectivity index (χ2n) is 4.64. The topological polar surface area (TPSA) is 57.9 Å². The van der Waals surface area contributed by atoms with Gasteiger partial charge in [-0.3, -0.25) is 0 Å². The van der Waals surface area contributed by atoms with Crippen LogP contribution in [0.5, 0.6) is 5.75 Å². The summed E-state index contributed by atoms with van der Waals surface area (Å²) in [7, 11) is 1.62. The first-order valence-corrected chi connectivity index (χ1v) is 7.51. The van der Waals surface area contributed by atoms with Gasteiger partial charge in [-0.05, 0) is 51.3 Å². The van der Waals surface area contributed by atoms with Gasteiger partial charge in [0.05, 0.1) is 28.0 Å². The fraction of sp³-hybridized carbons (Fsp3) is 0.133. The molecule has 21 heavy (non-hydrogen) atoms. The molecule has 0 saturated heterocycles. The SMILES string of the molecule is COc1ccc(C(Cl)c2ccc3[nH]c(=O)[nH]c3c2)cc1Br. The van der Waals surface area contributed by atoms with Crippen LogP contribution in [0, 0.1) is 0 Å². The molecule has 3 aromatic rings. The molecule has 0 amide bonds. The van der Waals surface area contributed by atoms with E-state index in [0.29, 0.717) is 0 Å². The Balaban J connectivity index is 2.00. The molecule has 6 heteroatoms. The number of methoxy groups -OCH3 is 1. The number of ether oxygens (including phenoxy) is 1. The number of alkyl halides is 1. The first-order valence-electron chi connectivity index (χ1n) is 6.28. The van der Waals surface area contributed by atoms with Crippen LogP contribution in [0.25, 0.3) is 11.0 Å². The van der Waals surface area contributed by atoms with Gasteiger partial charge in [0.15, 0.2) is 0 Å². The third kappa shape index (κ3) is 2.71. The molecule has 0 aliphatic heterocycles. The Morgan fingerprint density at radius 1 is 1.10 bits per heavy atom. The van der Waals surface area contributed by atoms with Crippen molar-refractivity contribution >= 4 is 38.6 Å². The zero-order chi connectivity index (χ0) is 15.0. The molecule has 0 spiro atoms. The van der Waals surface area contributed by atoms with Crippen LogP contribution in [0.1, 0.15) is 16.5 Å². The second kappa shape index (κ2) is 5.58. The van der Waals surface area contributed by atoms with Crippen molar-refractivity contribution in [2.24, 2.45) is 0 Å². The Kier molecular flexibility index (Phi) is 3.78. The maximum Gasteiger partial charge on any atom is 0.323 e. The Morgan fingerprint density at radius 2 is 1.76 bits per heavy atom. The molecule has 0 fully saturated rings. The van der Waals surface area contributed by atoms with Crippen molar-refractivity contribution in [1.82, 2.24) is 9.97 Å². The summed E-state index contributed by atoms with van der Waals surface area (Å²) in [5, 5.41) is -0.310. The second-order valence-corrected chi connectivity index (χ2v) is 5.93. The normalized spacial score (nSPS) is 12.5. The third-order valence-corrected chi connectivity index (χ3v) is 4.42. The van der Waals surface area contributed by atoms with Crippen molar-refractivity contribution in [1.29, 1.82) is 0 Å². The number of hydrogen-bond acceptors (Lipinski definition) is 2. The highest BCUT2D eigenvalue weighted by Crippen LogP contribution is 2.34. The van der Waals surface area contributed by atoms with Gasteiger partial charge in [-0.1, -0.05) is 12.1 Å². The summed E-state index contributed by atoms with van der Waals surface area (Å²) >= 11 is 10.00. The summed E-state index contributed by atoms with van der Waals surface area (Å²) in [6.07, 6.45) is 0. The third-order valence-electron chi connectivity index (χ3n) is 3.30. The lowest BCUT2D eigenvalue weighted by atomic mass is 10.0. The average Bonchev–Trinajstić information content (AvgIpc) is 2.85. The molecule has 1 atom stereocenters. The van der Waals surface area contributed by atoms with E-state index in [0.717, 1.165) is 32.4 Å². The number of rotatable bonds is 3. The van der Waals surface area contributed by atoms with Crippen molar-refractivity contribution in [3.8, 4) is 5.75 Å². The highest BCUT2D eigenvalue weighted by Gasteiger charge is 2.14. The minimum atomic E-state index is -0.310. The molecular weight excluding hydrogens is 356 g/mol. The summed E-state index contributed by atoms with van der Waals surface area (Å²) < 4.78 is 6.06. The molecule has 0 aliphatic carbocycles. The average molecular weight is 368 g/mol. The number of imidazole rings is 1. The van der Waals surface area contributed by atoms with Gasteiger partial charge >= 0.3 is 5.69 Å². The van der Waals surface area contributed by atoms with Crippen LogP contribution in [-0.4, -0.2) is 17.1 Å². The Hall–Kier alpha value is -1.72. The van der Waals surface area contributed by atoms with Gasteiger partial charge in [-0.15, -0.1) is 11.6 Å². The van der Waals surface area contributed by atoms with E-state index in [4.69, 9.17) is 16.3 Å². The minimum Gasteiger partial charge on any atom is -0.496 e. The summed E-state index contributed by atoms with van der Waals surface area (Å²) in [4.78, 5) is 16.7. The number of aromatic nitrogens is 2. The minimum absolute atomic E-state index is 0.222. The zero-order valence-electron chi connectivity index (χ0n) is 11.1. The van der Waals surface area contributed by atoms with Crippen LogP contribution in [0.15, 0.2) is 45.7 Å². The van der Waals surface area contributed by atoms with Gasteiger partial charge in [0.25, 0.3) is 0 Å². The molecule has 0 bridgehead atoms. The van der Waals surface area contributed by atoms with Gasteiger partial charge in [-0.2, -0.15) is 0 Å². The van der Waals surface area contributed by atoms with E-state index < -0.39 is 0 Å². The maximum absolute atomic E-state index is 11.3. The van der Waals surface area contributed by atoms with Crippen LogP contribution in [-0.2, 0) is 0 Å². The van der Waals surface area contributed by atoms with Crippen molar-refractivity contribution in [3.63, 3.8) is 0 Å². The van der Waals surface area contributed by atoms with E-state index in [1.54, 1.807) is 7.11 Å². The first-order chi connectivity index (χ1) is 10.1. The number of nitrogens with one attached hydrogen (secondary N) is 2. The Bertz CT molecular complexity index is 856. The lowest BCUT2D eigenvalue weighted by molar-refractivity contribution is 0.412. The molecule has 2 N–H and O–H groups in total. The van der Waals surface area contributed by atoms with Crippen LogP contribution in [0.3, 0.4) is 0 Å². The summed E-state index contributed by atoms with van der Waals surface area (Å²) in [5.74, 6) is 0.757. The Morgan fingerprint density at radius 3 is 2.48 bits per heavy atom. The summed E-state index contributed by atoms with van der Waals surface area (Å²) in [6, 6.07) is 11.3. The molecule has 3 rings (SSSR count). The monoisotopic (exact) mass is 366 g/mol. The predicted octanol–water partition coefficient (Wildman–Crippen LogP) is 3.96. The maximum atomic E-state index is 11.3. The van der Waals surface area contributed by atoms with Gasteiger partial charge in [0.2, 0.25) is 0 Å². The van der Waals surface area contributed by atoms with Gasteiger partial charge in [-0.25, -0.2) is 4.79 Å². The first kappa shape index (κ1) is 14.2. The van der Waals surface area contributed by atoms with Gasteiger partial charge in [0, 0.05) is 0 Å². The quantitative estimate of drug-likeness (QED) is 0.689. The number of halogens is 2. The number of hydrogen-bond donors (Lipinski definition) is 2. The smallest absolute Gasteiger partial charge is 0.323 e. The van der Waals surface area contributed by atoms with Gasteiger partial charge < -0.3 is 14.7 Å². The molecule has 1 heterocycles. The standard InChI is InChI=1S/C15H12BrClN2O2/c1-21-13-5-3-8(6-10(13)16)14(17)9-2-4-11-12(7-9)19-15(20)18-11/h2-7,14H,1H3,(H2,18,19,20). The largest absolute Gasteiger partial charge is 0.496 e. The van der Waals surface area contributed by atoms with E-state index in [9.17, 15) is 4.79 Å². The van der Waals surface area contributed by atoms with Crippen LogP contribution in [0.4, 0.5) is 0 Å². The Labute approximate surface area is 134 Å². The van der Waals surface area contributed by atoms with Gasteiger partial charge in [0.1, 0.15) is 5.75 Å². The molecule has 108 valence electrons. The molecule has 1 aromatic heterocycles. The highest BCUT2D eigenvalue weighted by atomic mass is 79.9. The fourth-order valence-corrected chi connectivity index (χ4v) is 3.07. The summed E-state index contributed by atoms with van der Waals surface area (Å²) in [6.45, 7) is 0. The molecular formula is C15H12BrClN2O2. The fourth-order valence-electron chi connectivity index (χ4n) is 2.24. The zero-order valence-corrected chi connectivity index (χ0v) is 13.5. The van der Waals surface area contributed by atoms with Crippen LogP contribution in [0.2, 0.25) is 0 Å². The molecule has 4 nitrogen and oxygen atoms in total. The highest BCUT2D eigenvalue weighted by molar-refractivity contribution is 9.10. The van der Waals surface area contributed by atoms with E-state index >= 15 is 0 Å². The molecule has 0 aliphatic rings. The van der Waals surface area contributed by atoms with Crippen LogP contribution >= 0.6 is 27.5 Å². The predicted molar refractivity (Wildman–Crippen MR) is 87.3 cm³/mol. The van der Waals surface area contributed by atoms with E-state index in [-0.39, 0.29) is 11.1 Å². The van der Waals surface area contributed by atoms with Crippen LogP contribution < -0.4 is 10.4 Å². The molecule has 2 aromatic carbocycles. The molecule has 0 saturated carbocycles. The number of aromatic amines is 2. The van der Waals surface area contributed by atoms with Crippen molar-refractivity contribution in [2.75, 3.05) is 7.11 Å². The van der Waals surface area contributed by atoms with Crippen molar-refractivity contribution in [2.45, 2.75) is 5.38 Å². The molecule has 0 radical (unpaired) electrons. The molecule has 1 unspecified atom stereocenters. The number of benzene rings is 2. The number of H-pyrrole nitrogens is 2. The van der Waals surface area contributed by atoms with E-state index in [2.05, 4.69) is 25.9 Å². The van der Waals surface area contributed by atoms with Crippen molar-refractivity contribution in [3.05, 3.63) is 62.5 Å². The van der Waals surface area contributed by atoms with E-state index in [1.165, 1.54) is 0 Å². The lowest BCUT2D eigenvalue weighted by Gasteiger charge is -2.12.